The third kappa shape index (κ3) is 8.84. The number of amides is 2. The van der Waals surface area contributed by atoms with Gasteiger partial charge in [-0.05, 0) is 53.9 Å². The van der Waals surface area contributed by atoms with E-state index in [1.165, 1.54) is 35.2 Å². The Morgan fingerprint density at radius 2 is 1.49 bits per heavy atom. The van der Waals surface area contributed by atoms with Crippen LogP contribution in [0, 0.1) is 5.82 Å². The van der Waals surface area contributed by atoms with Crippen molar-refractivity contribution in [2.24, 2.45) is 0 Å². The summed E-state index contributed by atoms with van der Waals surface area (Å²) in [6.45, 7) is 1.54. The monoisotopic (exact) mass is 669 g/mol. The normalized spacial score (nSPS) is 11.9. The van der Waals surface area contributed by atoms with Crippen molar-refractivity contribution in [2.45, 2.75) is 43.7 Å². The maximum absolute atomic E-state index is 15.2. The minimum Gasteiger partial charge on any atom is -0.354 e. The Bertz CT molecular complexity index is 1710. The number of para-hydroxylation sites is 1. The van der Waals surface area contributed by atoms with Crippen molar-refractivity contribution >= 4 is 50.7 Å². The molecule has 0 aliphatic carbocycles. The first-order chi connectivity index (χ1) is 21.6. The summed E-state index contributed by atoms with van der Waals surface area (Å²) in [5, 5.41) is 3.50. The lowest BCUT2D eigenvalue weighted by molar-refractivity contribution is -0.140. The van der Waals surface area contributed by atoms with E-state index >= 15 is 4.39 Å². The van der Waals surface area contributed by atoms with Crippen LogP contribution in [0.15, 0.2) is 108 Å². The van der Waals surface area contributed by atoms with Crippen LogP contribution in [0.2, 0.25) is 10.0 Å². The van der Waals surface area contributed by atoms with E-state index in [0.717, 1.165) is 28.8 Å². The maximum atomic E-state index is 15.2. The summed E-state index contributed by atoms with van der Waals surface area (Å²) in [6, 6.07) is 25.9. The maximum Gasteiger partial charge on any atom is 0.264 e. The molecule has 11 heteroatoms. The number of hydrogen-bond donors (Lipinski definition) is 1. The van der Waals surface area contributed by atoms with Crippen LogP contribution in [0.5, 0.6) is 0 Å². The number of hydrogen-bond acceptors (Lipinski definition) is 4. The molecule has 45 heavy (non-hydrogen) atoms. The molecule has 0 saturated carbocycles. The fraction of sp³-hybridized carbons (Fsp3) is 0.235. The van der Waals surface area contributed by atoms with Crippen molar-refractivity contribution in [1.82, 2.24) is 10.2 Å². The number of nitrogens with zero attached hydrogens (tertiary/aromatic N) is 2. The van der Waals surface area contributed by atoms with Crippen molar-refractivity contribution in [3.63, 3.8) is 0 Å². The van der Waals surface area contributed by atoms with E-state index in [9.17, 15) is 18.0 Å². The van der Waals surface area contributed by atoms with Crippen LogP contribution in [0.4, 0.5) is 10.1 Å². The molecule has 2 amide bonds. The number of unbranched alkanes of at least 4 members (excludes halogenated alkanes) is 1. The number of rotatable bonds is 14. The topological polar surface area (TPSA) is 86.8 Å². The zero-order chi connectivity index (χ0) is 32.4. The van der Waals surface area contributed by atoms with Crippen LogP contribution in [0.1, 0.15) is 30.9 Å². The van der Waals surface area contributed by atoms with E-state index in [2.05, 4.69) is 5.32 Å². The Kier molecular flexibility index (Phi) is 12.0. The van der Waals surface area contributed by atoms with Gasteiger partial charge in [-0.3, -0.25) is 13.9 Å². The lowest BCUT2D eigenvalue weighted by Crippen LogP contribution is -2.53. The first kappa shape index (κ1) is 34.0. The molecule has 0 aliphatic rings. The van der Waals surface area contributed by atoms with Crippen LogP contribution >= 0.6 is 23.2 Å². The summed E-state index contributed by atoms with van der Waals surface area (Å²) in [7, 11) is -4.41. The molecule has 0 aliphatic heterocycles. The molecule has 4 aromatic rings. The van der Waals surface area contributed by atoms with Crippen molar-refractivity contribution < 1.29 is 22.4 Å². The van der Waals surface area contributed by atoms with Crippen molar-refractivity contribution in [1.29, 1.82) is 0 Å². The van der Waals surface area contributed by atoms with E-state index < -0.39 is 40.2 Å². The Morgan fingerprint density at radius 3 is 2.13 bits per heavy atom. The second kappa shape index (κ2) is 15.9. The largest absolute Gasteiger partial charge is 0.354 e. The quantitative estimate of drug-likeness (QED) is 0.148. The molecule has 1 atom stereocenters. The second-order valence-corrected chi connectivity index (χ2v) is 13.1. The minimum atomic E-state index is -4.41. The predicted octanol–water partition coefficient (Wildman–Crippen LogP) is 6.88. The van der Waals surface area contributed by atoms with Gasteiger partial charge in [-0.1, -0.05) is 103 Å². The molecule has 0 bridgehead atoms. The number of nitrogens with one attached hydrogen (secondary N) is 1. The van der Waals surface area contributed by atoms with Gasteiger partial charge >= 0.3 is 0 Å². The van der Waals surface area contributed by atoms with Gasteiger partial charge in [0.05, 0.1) is 20.6 Å². The van der Waals surface area contributed by atoms with Gasteiger partial charge in [0, 0.05) is 19.5 Å². The third-order valence-electron chi connectivity index (χ3n) is 7.17. The summed E-state index contributed by atoms with van der Waals surface area (Å²) in [5.74, 6) is -1.93. The molecule has 0 spiro atoms. The number of carbonyl (C=O) groups is 2. The zero-order valence-corrected chi connectivity index (χ0v) is 27.0. The van der Waals surface area contributed by atoms with Gasteiger partial charge in [-0.15, -0.1) is 0 Å². The summed E-state index contributed by atoms with van der Waals surface area (Å²) >= 11 is 12.4. The van der Waals surface area contributed by atoms with Crippen molar-refractivity contribution in [2.75, 3.05) is 17.4 Å². The van der Waals surface area contributed by atoms with Crippen LogP contribution < -0.4 is 9.62 Å². The molecule has 236 valence electrons. The van der Waals surface area contributed by atoms with E-state index in [0.29, 0.717) is 17.1 Å². The first-order valence-electron chi connectivity index (χ1n) is 14.5. The molecule has 7 nitrogen and oxygen atoms in total. The minimum absolute atomic E-state index is 0.0923. The Morgan fingerprint density at radius 1 is 0.844 bits per heavy atom. The van der Waals surface area contributed by atoms with Crippen LogP contribution in [0.25, 0.3) is 0 Å². The Labute approximate surface area is 273 Å². The van der Waals surface area contributed by atoms with Crippen LogP contribution in [-0.2, 0) is 32.6 Å². The molecule has 4 rings (SSSR count). The molecular weight excluding hydrogens is 636 g/mol. The molecule has 1 N–H and O–H groups in total. The fourth-order valence-corrected chi connectivity index (χ4v) is 6.55. The molecule has 0 heterocycles. The van der Waals surface area contributed by atoms with E-state index in [1.807, 2.05) is 37.3 Å². The number of benzene rings is 4. The molecular formula is C34H34Cl2FN3O4S. The molecule has 0 unspecified atom stereocenters. The van der Waals surface area contributed by atoms with Crippen LogP contribution in [-0.4, -0.2) is 44.3 Å². The van der Waals surface area contributed by atoms with Gasteiger partial charge in [0.15, 0.2) is 0 Å². The lowest BCUT2D eigenvalue weighted by atomic mass is 10.0. The molecule has 0 fully saturated rings. The van der Waals surface area contributed by atoms with Gasteiger partial charge in [0.25, 0.3) is 10.0 Å². The second-order valence-electron chi connectivity index (χ2n) is 10.4. The summed E-state index contributed by atoms with van der Waals surface area (Å²) < 4.78 is 43.8. The fourth-order valence-electron chi connectivity index (χ4n) is 4.78. The van der Waals surface area contributed by atoms with Gasteiger partial charge < -0.3 is 10.2 Å². The number of carbonyl (C=O) groups excluding carboxylic acids is 2. The molecule has 0 radical (unpaired) electrons. The van der Waals surface area contributed by atoms with Gasteiger partial charge in [-0.25, -0.2) is 12.8 Å². The number of halogens is 3. The highest BCUT2D eigenvalue weighted by molar-refractivity contribution is 7.92. The smallest absolute Gasteiger partial charge is 0.264 e. The molecule has 0 saturated heterocycles. The van der Waals surface area contributed by atoms with Gasteiger partial charge in [-0.2, -0.15) is 0 Å². The van der Waals surface area contributed by atoms with Gasteiger partial charge in [0.1, 0.15) is 18.4 Å². The van der Waals surface area contributed by atoms with E-state index in [-0.39, 0.29) is 28.6 Å². The highest BCUT2D eigenvalue weighted by atomic mass is 35.5. The molecule has 4 aromatic carbocycles. The number of sulfonamides is 1. The number of anilines is 1. The first-order valence-corrected chi connectivity index (χ1v) is 16.7. The standard InChI is InChI=1S/C34H34Cl2FN3O4S/c1-2-3-20-38-34(42)32(22-25-12-6-4-7-13-25)39(23-26-18-19-28(35)29(36)21-26)33(41)24-40(31-17-11-10-16-30(31)37)45(43,44)27-14-8-5-9-15-27/h4-19,21,32H,2-3,20,22-24H2,1H3,(H,38,42)/t32-/m0/s1. The van der Waals surface area contributed by atoms with E-state index in [4.69, 9.17) is 23.2 Å². The average molecular weight is 671 g/mol. The van der Waals surface area contributed by atoms with Gasteiger partial charge in [0.2, 0.25) is 11.8 Å². The summed E-state index contributed by atoms with van der Waals surface area (Å²) in [6.07, 6.45) is 1.74. The van der Waals surface area contributed by atoms with Crippen molar-refractivity contribution in [3.05, 3.63) is 130 Å². The van der Waals surface area contributed by atoms with Crippen molar-refractivity contribution in [3.8, 4) is 0 Å². The van der Waals surface area contributed by atoms with Crippen LogP contribution in [0.3, 0.4) is 0 Å². The van der Waals surface area contributed by atoms with E-state index in [1.54, 1.807) is 36.4 Å². The third-order valence-corrected chi connectivity index (χ3v) is 9.68. The summed E-state index contributed by atoms with van der Waals surface area (Å²) in [4.78, 5) is 29.4. The average Bonchev–Trinajstić information content (AvgIpc) is 3.04. The summed E-state index contributed by atoms with van der Waals surface area (Å²) in [5.41, 5.74) is 1.07. The highest BCUT2D eigenvalue weighted by Gasteiger charge is 2.35. The Hall–Kier alpha value is -3.92. The highest BCUT2D eigenvalue weighted by Crippen LogP contribution is 2.28. The predicted molar refractivity (Wildman–Crippen MR) is 176 cm³/mol. The zero-order valence-electron chi connectivity index (χ0n) is 24.7. The molecule has 0 aromatic heterocycles. The lowest BCUT2D eigenvalue weighted by Gasteiger charge is -2.34. The SMILES string of the molecule is CCCCNC(=O)[C@H](Cc1ccccc1)N(Cc1ccc(Cl)c(Cl)c1)C(=O)CN(c1ccccc1F)S(=O)(=O)c1ccccc1. The Balaban J connectivity index is 1.80.